The topological polar surface area (TPSA) is 63.3 Å². The molecule has 0 unspecified atom stereocenters. The molecule has 3 heteroatoms. The van der Waals surface area contributed by atoms with Crippen molar-refractivity contribution in [2.24, 2.45) is 5.73 Å². The molecule has 0 heterocycles. The Hall–Kier alpha value is -0.830. The molecule has 1 atom stereocenters. The molecule has 0 spiro atoms. The van der Waals surface area contributed by atoms with Crippen LogP contribution in [0.15, 0.2) is 12.2 Å². The van der Waals surface area contributed by atoms with Gasteiger partial charge in [-0.05, 0) is 6.92 Å². The standard InChI is InChI=1S/C5H9NO2/c1-2-3-4(6)5(7)8/h2-4H,6H2,1H3,(H,7,8)/t4-/m1/s1. The molecule has 0 saturated heterocycles. The molecule has 0 amide bonds. The second-order valence-corrected chi connectivity index (χ2v) is 1.39. The van der Waals surface area contributed by atoms with Gasteiger partial charge in [0.05, 0.1) is 0 Å². The van der Waals surface area contributed by atoms with Crippen molar-refractivity contribution in [1.29, 1.82) is 0 Å². The van der Waals surface area contributed by atoms with Crippen LogP contribution in [-0.4, -0.2) is 17.1 Å². The molecule has 0 radical (unpaired) electrons. The van der Waals surface area contributed by atoms with Gasteiger partial charge < -0.3 is 10.8 Å². The first-order valence-corrected chi connectivity index (χ1v) is 2.29. The van der Waals surface area contributed by atoms with E-state index in [4.69, 9.17) is 10.8 Å². The zero-order valence-electron chi connectivity index (χ0n) is 4.66. The summed E-state index contributed by atoms with van der Waals surface area (Å²) in [7, 11) is 0. The van der Waals surface area contributed by atoms with Crippen LogP contribution in [0.4, 0.5) is 0 Å². The first kappa shape index (κ1) is 7.17. The number of carbonyl (C=O) groups is 1. The summed E-state index contributed by atoms with van der Waals surface area (Å²) >= 11 is 0. The summed E-state index contributed by atoms with van der Waals surface area (Å²) in [5.41, 5.74) is 5.04. The number of carboxylic acid groups (broad SMARTS) is 1. The lowest BCUT2D eigenvalue weighted by Crippen LogP contribution is -2.27. The number of hydrogen-bond donors (Lipinski definition) is 2. The molecule has 0 rings (SSSR count). The summed E-state index contributed by atoms with van der Waals surface area (Å²) < 4.78 is 0. The monoisotopic (exact) mass is 115 g/mol. The molecule has 46 valence electrons. The zero-order valence-corrected chi connectivity index (χ0v) is 4.66. The highest BCUT2D eigenvalue weighted by Crippen LogP contribution is 1.79. The normalized spacial score (nSPS) is 14.2. The van der Waals surface area contributed by atoms with Gasteiger partial charge in [0, 0.05) is 0 Å². The Bertz CT molecular complexity index is 109. The first-order valence-electron chi connectivity index (χ1n) is 2.29. The summed E-state index contributed by atoms with van der Waals surface area (Å²) in [6, 6.07) is -0.847. The van der Waals surface area contributed by atoms with E-state index in [0.29, 0.717) is 0 Å². The van der Waals surface area contributed by atoms with Crippen LogP contribution in [0.2, 0.25) is 0 Å². The van der Waals surface area contributed by atoms with Crippen molar-refractivity contribution in [2.75, 3.05) is 0 Å². The van der Waals surface area contributed by atoms with Crippen molar-refractivity contribution in [2.45, 2.75) is 13.0 Å². The molecule has 0 saturated carbocycles. The van der Waals surface area contributed by atoms with Gasteiger partial charge in [0.1, 0.15) is 6.04 Å². The van der Waals surface area contributed by atoms with Gasteiger partial charge >= 0.3 is 5.97 Å². The maximum Gasteiger partial charge on any atom is 0.324 e. The van der Waals surface area contributed by atoms with E-state index in [1.165, 1.54) is 6.08 Å². The average Bonchev–Trinajstić information content (AvgIpc) is 1.67. The molecular weight excluding hydrogens is 106 g/mol. The molecule has 0 aromatic carbocycles. The third-order valence-corrected chi connectivity index (χ3v) is 0.685. The quantitative estimate of drug-likeness (QED) is 0.497. The van der Waals surface area contributed by atoms with Crippen molar-refractivity contribution in [3.8, 4) is 0 Å². The van der Waals surface area contributed by atoms with Crippen LogP contribution in [-0.2, 0) is 4.79 Å². The lowest BCUT2D eigenvalue weighted by molar-refractivity contribution is -0.137. The minimum absolute atomic E-state index is 0.847. The Morgan fingerprint density at radius 1 is 1.88 bits per heavy atom. The van der Waals surface area contributed by atoms with E-state index in [1.807, 2.05) is 0 Å². The van der Waals surface area contributed by atoms with E-state index in [2.05, 4.69) is 0 Å². The molecule has 0 aliphatic rings. The Kier molecular flexibility index (Phi) is 2.88. The zero-order chi connectivity index (χ0) is 6.57. The summed E-state index contributed by atoms with van der Waals surface area (Å²) in [6.07, 6.45) is 3.03. The summed E-state index contributed by atoms with van der Waals surface area (Å²) in [5, 5.41) is 8.14. The number of hydrogen-bond acceptors (Lipinski definition) is 2. The number of rotatable bonds is 2. The van der Waals surface area contributed by atoms with Crippen LogP contribution in [0.25, 0.3) is 0 Å². The van der Waals surface area contributed by atoms with Crippen LogP contribution < -0.4 is 5.73 Å². The Morgan fingerprint density at radius 2 is 2.38 bits per heavy atom. The Labute approximate surface area is 47.8 Å². The van der Waals surface area contributed by atoms with Crippen molar-refractivity contribution < 1.29 is 9.90 Å². The fraction of sp³-hybridized carbons (Fsp3) is 0.400. The number of allylic oxidation sites excluding steroid dienone is 1. The van der Waals surface area contributed by atoms with Crippen LogP contribution in [0.3, 0.4) is 0 Å². The van der Waals surface area contributed by atoms with Gasteiger partial charge in [0.25, 0.3) is 0 Å². The molecule has 3 nitrogen and oxygen atoms in total. The molecule has 0 aliphatic heterocycles. The maximum absolute atomic E-state index is 9.91. The smallest absolute Gasteiger partial charge is 0.324 e. The average molecular weight is 115 g/mol. The number of nitrogens with two attached hydrogens (primary N) is 1. The summed E-state index contributed by atoms with van der Waals surface area (Å²) in [6.45, 7) is 1.72. The molecule has 3 N–H and O–H groups in total. The minimum Gasteiger partial charge on any atom is -0.480 e. The summed E-state index contributed by atoms with van der Waals surface area (Å²) in [5.74, 6) is -0.997. The van der Waals surface area contributed by atoms with Crippen LogP contribution in [0.1, 0.15) is 6.92 Å². The van der Waals surface area contributed by atoms with E-state index in [0.717, 1.165) is 0 Å². The predicted octanol–water partition coefficient (Wildman–Crippen LogP) is -0.0256. The molecule has 0 fully saturated rings. The van der Waals surface area contributed by atoms with Gasteiger partial charge in [-0.2, -0.15) is 0 Å². The minimum atomic E-state index is -0.997. The lowest BCUT2D eigenvalue weighted by Gasteiger charge is -1.94. The second kappa shape index (κ2) is 3.21. The third-order valence-electron chi connectivity index (χ3n) is 0.685. The van der Waals surface area contributed by atoms with Crippen molar-refractivity contribution >= 4 is 5.97 Å². The molecule has 0 aromatic heterocycles. The van der Waals surface area contributed by atoms with E-state index >= 15 is 0 Å². The summed E-state index contributed by atoms with van der Waals surface area (Å²) in [4.78, 5) is 9.91. The number of carboxylic acids is 1. The largest absolute Gasteiger partial charge is 0.480 e. The number of aliphatic carboxylic acids is 1. The fourth-order valence-electron chi connectivity index (χ4n) is 0.290. The Morgan fingerprint density at radius 3 is 2.50 bits per heavy atom. The van der Waals surface area contributed by atoms with Crippen molar-refractivity contribution in [1.82, 2.24) is 0 Å². The van der Waals surface area contributed by atoms with Crippen LogP contribution in [0.5, 0.6) is 0 Å². The van der Waals surface area contributed by atoms with Crippen molar-refractivity contribution in [3.63, 3.8) is 0 Å². The highest BCUT2D eigenvalue weighted by Gasteiger charge is 2.03. The fourth-order valence-corrected chi connectivity index (χ4v) is 0.290. The van der Waals surface area contributed by atoms with Crippen LogP contribution >= 0.6 is 0 Å². The molecule has 8 heavy (non-hydrogen) atoms. The van der Waals surface area contributed by atoms with E-state index in [-0.39, 0.29) is 0 Å². The highest BCUT2D eigenvalue weighted by molar-refractivity contribution is 5.75. The van der Waals surface area contributed by atoms with E-state index < -0.39 is 12.0 Å². The maximum atomic E-state index is 9.91. The molecule has 0 aliphatic carbocycles. The van der Waals surface area contributed by atoms with Gasteiger partial charge in [-0.1, -0.05) is 12.2 Å². The second-order valence-electron chi connectivity index (χ2n) is 1.39. The Balaban J connectivity index is 3.64. The van der Waals surface area contributed by atoms with Crippen LogP contribution in [0, 0.1) is 0 Å². The lowest BCUT2D eigenvalue weighted by atomic mass is 10.3. The predicted molar refractivity (Wildman–Crippen MR) is 30.4 cm³/mol. The molecule has 0 bridgehead atoms. The van der Waals surface area contributed by atoms with Gasteiger partial charge in [-0.25, -0.2) is 0 Å². The van der Waals surface area contributed by atoms with Crippen molar-refractivity contribution in [3.05, 3.63) is 12.2 Å². The van der Waals surface area contributed by atoms with Gasteiger partial charge in [-0.3, -0.25) is 4.79 Å². The van der Waals surface area contributed by atoms with E-state index in [1.54, 1.807) is 13.0 Å². The SMILES string of the molecule is CC=C[C@@H](N)C(=O)O. The molecule has 0 aromatic rings. The highest BCUT2D eigenvalue weighted by atomic mass is 16.4. The molecular formula is C5H9NO2. The van der Waals surface area contributed by atoms with Gasteiger partial charge in [-0.15, -0.1) is 0 Å². The van der Waals surface area contributed by atoms with Gasteiger partial charge in [0.2, 0.25) is 0 Å². The third kappa shape index (κ3) is 2.36. The first-order chi connectivity index (χ1) is 3.68. The van der Waals surface area contributed by atoms with Gasteiger partial charge in [0.15, 0.2) is 0 Å². The van der Waals surface area contributed by atoms with E-state index in [9.17, 15) is 4.79 Å².